The van der Waals surface area contributed by atoms with Gasteiger partial charge in [0.15, 0.2) is 5.39 Å². The minimum atomic E-state index is -0.458. The Morgan fingerprint density at radius 2 is 1.60 bits per heavy atom. The van der Waals surface area contributed by atoms with Gasteiger partial charge in [0.2, 0.25) is 11.1 Å². The summed E-state index contributed by atoms with van der Waals surface area (Å²) in [5.41, 5.74) is 1.08. The summed E-state index contributed by atoms with van der Waals surface area (Å²) in [7, 11) is 3.14. The number of halogens is 1. The number of nitrogens with zero attached hydrogens (tertiary/aromatic N) is 2. The fourth-order valence-electron chi connectivity index (χ4n) is 4.00. The average Bonchev–Trinajstić information content (AvgIpc) is 2.88. The van der Waals surface area contributed by atoms with Crippen LogP contribution < -0.4 is 20.5 Å². The fourth-order valence-corrected chi connectivity index (χ4v) is 4.13. The van der Waals surface area contributed by atoms with Crippen LogP contribution in [0.15, 0.2) is 80.7 Å². The van der Waals surface area contributed by atoms with Gasteiger partial charge < -0.3 is 13.9 Å². The van der Waals surface area contributed by atoms with Gasteiger partial charge in [-0.1, -0.05) is 23.7 Å². The molecule has 5 aromatic rings. The lowest BCUT2D eigenvalue weighted by Gasteiger charge is -2.14. The van der Waals surface area contributed by atoms with Crippen LogP contribution in [0.5, 0.6) is 11.5 Å². The third-order valence-corrected chi connectivity index (χ3v) is 6.14. The second-order valence-electron chi connectivity index (χ2n) is 7.97. The summed E-state index contributed by atoms with van der Waals surface area (Å²) >= 11 is 6.07. The zero-order chi connectivity index (χ0) is 24.5. The van der Waals surface area contributed by atoms with E-state index < -0.39 is 11.0 Å². The quantitative estimate of drug-likeness (QED) is 0.310. The van der Waals surface area contributed by atoms with Crippen LogP contribution in [-0.2, 0) is 13.0 Å². The number of benzene rings is 3. The minimum Gasteiger partial charge on any atom is -0.497 e. The van der Waals surface area contributed by atoms with Crippen molar-refractivity contribution in [3.63, 3.8) is 0 Å². The van der Waals surface area contributed by atoms with Crippen molar-refractivity contribution < 1.29 is 13.9 Å². The summed E-state index contributed by atoms with van der Waals surface area (Å²) in [5, 5.41) is 0.763. The van der Waals surface area contributed by atoms with Gasteiger partial charge in [-0.05, 0) is 60.5 Å². The van der Waals surface area contributed by atoms with Crippen LogP contribution in [0.3, 0.4) is 0 Å². The molecule has 0 aliphatic rings. The molecule has 8 heteroatoms. The lowest BCUT2D eigenvalue weighted by molar-refractivity contribution is 0.414. The second-order valence-corrected chi connectivity index (χ2v) is 8.41. The number of hydrogen-bond acceptors (Lipinski definition) is 6. The number of ether oxygens (including phenoxy) is 2. The largest absolute Gasteiger partial charge is 0.497 e. The Balaban J connectivity index is 1.71. The lowest BCUT2D eigenvalue weighted by atomic mass is 10.1. The van der Waals surface area contributed by atoms with Crippen LogP contribution in [0.1, 0.15) is 5.56 Å². The molecule has 0 saturated heterocycles. The van der Waals surface area contributed by atoms with Gasteiger partial charge in [-0.25, -0.2) is 0 Å². The standard InChI is InChI=1S/C27H21ClN2O5/c1-33-19-9-3-16(4-10-19)13-14-30-25(17-5-7-18(28)8-6-17)29-26-23(27(30)32)24(31)21-12-11-20(34-2)15-22(21)35-26/h3-12,15H,13-14H2,1-2H3. The molecule has 0 N–H and O–H groups in total. The van der Waals surface area contributed by atoms with Gasteiger partial charge in [0.1, 0.15) is 22.9 Å². The molecule has 0 unspecified atom stereocenters. The first-order valence-corrected chi connectivity index (χ1v) is 11.3. The number of aryl methyl sites for hydroxylation is 1. The molecule has 5 rings (SSSR count). The van der Waals surface area contributed by atoms with Crippen molar-refractivity contribution in [2.75, 3.05) is 14.2 Å². The van der Waals surface area contributed by atoms with Gasteiger partial charge >= 0.3 is 0 Å². The van der Waals surface area contributed by atoms with E-state index in [1.54, 1.807) is 49.6 Å². The summed E-state index contributed by atoms with van der Waals surface area (Å²) in [5.74, 6) is 1.67. The smallest absolute Gasteiger partial charge is 0.269 e. The van der Waals surface area contributed by atoms with Gasteiger partial charge in [-0.15, -0.1) is 0 Å². The van der Waals surface area contributed by atoms with E-state index in [1.165, 1.54) is 11.7 Å². The van der Waals surface area contributed by atoms with Gasteiger partial charge in [0, 0.05) is 23.2 Å². The maximum Gasteiger partial charge on any atom is 0.269 e. The molecule has 0 fully saturated rings. The Hall–Kier alpha value is -4.10. The zero-order valence-corrected chi connectivity index (χ0v) is 19.8. The number of hydrogen-bond donors (Lipinski definition) is 0. The maximum atomic E-state index is 13.7. The zero-order valence-electron chi connectivity index (χ0n) is 19.1. The van der Waals surface area contributed by atoms with Gasteiger partial charge in [-0.3, -0.25) is 14.2 Å². The molecule has 2 aromatic heterocycles. The van der Waals surface area contributed by atoms with E-state index in [1.807, 2.05) is 24.3 Å². The van der Waals surface area contributed by atoms with Crippen molar-refractivity contribution in [1.82, 2.24) is 9.55 Å². The summed E-state index contributed by atoms with van der Waals surface area (Å²) in [6.07, 6.45) is 0.549. The lowest BCUT2D eigenvalue weighted by Crippen LogP contribution is -2.28. The van der Waals surface area contributed by atoms with Crippen LogP contribution in [0.25, 0.3) is 33.5 Å². The van der Waals surface area contributed by atoms with Gasteiger partial charge in [0.25, 0.3) is 5.56 Å². The molecule has 7 nitrogen and oxygen atoms in total. The van der Waals surface area contributed by atoms with Crippen molar-refractivity contribution in [2.45, 2.75) is 13.0 Å². The highest BCUT2D eigenvalue weighted by Gasteiger charge is 2.19. The molecule has 0 spiro atoms. The topological polar surface area (TPSA) is 83.6 Å². The first-order chi connectivity index (χ1) is 17.0. The predicted molar refractivity (Wildman–Crippen MR) is 136 cm³/mol. The Morgan fingerprint density at radius 3 is 2.29 bits per heavy atom. The van der Waals surface area contributed by atoms with E-state index in [2.05, 4.69) is 4.98 Å². The van der Waals surface area contributed by atoms with Gasteiger partial charge in [0.05, 0.1) is 19.6 Å². The van der Waals surface area contributed by atoms with E-state index in [9.17, 15) is 9.59 Å². The molecule has 0 radical (unpaired) electrons. The molecule has 0 aliphatic carbocycles. The Labute approximate surface area is 205 Å². The van der Waals surface area contributed by atoms with Crippen LogP contribution >= 0.6 is 11.6 Å². The van der Waals surface area contributed by atoms with Gasteiger partial charge in [-0.2, -0.15) is 4.98 Å². The van der Waals surface area contributed by atoms with Crippen LogP contribution in [0, 0.1) is 0 Å². The maximum absolute atomic E-state index is 13.7. The van der Waals surface area contributed by atoms with Crippen molar-refractivity contribution in [3.05, 3.63) is 97.9 Å². The number of rotatable bonds is 6. The third-order valence-electron chi connectivity index (χ3n) is 5.89. The highest BCUT2D eigenvalue weighted by molar-refractivity contribution is 6.30. The van der Waals surface area contributed by atoms with Crippen LogP contribution in [0.4, 0.5) is 0 Å². The van der Waals surface area contributed by atoms with E-state index in [-0.39, 0.29) is 16.5 Å². The minimum absolute atomic E-state index is 0.0219. The number of methoxy groups -OCH3 is 2. The molecular weight excluding hydrogens is 468 g/mol. The highest BCUT2D eigenvalue weighted by Crippen LogP contribution is 2.24. The fraction of sp³-hybridized carbons (Fsp3) is 0.148. The average molecular weight is 489 g/mol. The summed E-state index contributed by atoms with van der Waals surface area (Å²) < 4.78 is 17.9. The molecule has 0 bridgehead atoms. The molecule has 0 saturated carbocycles. The normalized spacial score (nSPS) is 11.2. The molecule has 35 heavy (non-hydrogen) atoms. The first-order valence-electron chi connectivity index (χ1n) is 10.9. The molecule has 0 aliphatic heterocycles. The Kier molecular flexibility index (Phi) is 6.01. The first kappa shape index (κ1) is 22.7. The Bertz CT molecular complexity index is 1660. The van der Waals surface area contributed by atoms with Crippen molar-refractivity contribution in [1.29, 1.82) is 0 Å². The number of aromatic nitrogens is 2. The molecule has 0 atom stereocenters. The van der Waals surface area contributed by atoms with E-state index >= 15 is 0 Å². The van der Waals surface area contributed by atoms with E-state index in [0.717, 1.165) is 11.3 Å². The molecular formula is C27H21ClN2O5. The van der Waals surface area contributed by atoms with E-state index in [0.29, 0.717) is 40.7 Å². The highest BCUT2D eigenvalue weighted by atomic mass is 35.5. The molecule has 3 aromatic carbocycles. The third kappa shape index (κ3) is 4.26. The van der Waals surface area contributed by atoms with Crippen LogP contribution in [0.2, 0.25) is 5.02 Å². The molecule has 2 heterocycles. The summed E-state index contributed by atoms with van der Waals surface area (Å²) in [4.78, 5) is 31.6. The second kappa shape index (κ2) is 9.27. The van der Waals surface area contributed by atoms with Crippen molar-refractivity contribution in [3.8, 4) is 22.9 Å². The number of fused-ring (bicyclic) bond motifs is 2. The van der Waals surface area contributed by atoms with Crippen molar-refractivity contribution >= 4 is 33.7 Å². The SMILES string of the molecule is COc1ccc(CCn2c(-c3ccc(Cl)cc3)nc3oc4cc(OC)ccc4c(=O)c3c2=O)cc1. The molecule has 176 valence electrons. The monoisotopic (exact) mass is 488 g/mol. The predicted octanol–water partition coefficient (Wildman–Crippen LogP) is 5.08. The summed E-state index contributed by atoms with van der Waals surface area (Å²) in [6.45, 7) is 0.312. The Morgan fingerprint density at radius 1 is 0.914 bits per heavy atom. The summed E-state index contributed by atoms with van der Waals surface area (Å²) in [6, 6.07) is 19.5. The molecule has 0 amide bonds. The van der Waals surface area contributed by atoms with E-state index in [4.69, 9.17) is 25.5 Å². The van der Waals surface area contributed by atoms with Crippen LogP contribution in [-0.4, -0.2) is 23.8 Å². The van der Waals surface area contributed by atoms with Crippen molar-refractivity contribution in [2.24, 2.45) is 0 Å².